The van der Waals surface area contributed by atoms with Crippen LogP contribution in [-0.2, 0) is 6.54 Å². The van der Waals surface area contributed by atoms with Gasteiger partial charge in [0.25, 0.3) is 5.91 Å². The number of nitrogens with one attached hydrogen (secondary N) is 2. The molecule has 0 aliphatic carbocycles. The SMILES string of the molecule is NC(=O)c1cc(NCc2c[nH]c3ccccc23)ccc1F. The van der Waals surface area contributed by atoms with Crippen LogP contribution in [0.15, 0.2) is 48.7 Å². The highest BCUT2D eigenvalue weighted by molar-refractivity contribution is 5.94. The summed E-state index contributed by atoms with van der Waals surface area (Å²) in [6.45, 7) is 0.563. The van der Waals surface area contributed by atoms with Crippen molar-refractivity contribution < 1.29 is 9.18 Å². The summed E-state index contributed by atoms with van der Waals surface area (Å²) in [6.07, 6.45) is 1.93. The number of aromatic amines is 1. The number of primary amides is 1. The maximum absolute atomic E-state index is 13.4. The molecule has 0 fully saturated rings. The summed E-state index contributed by atoms with van der Waals surface area (Å²) in [5.74, 6) is -1.39. The molecule has 0 atom stereocenters. The van der Waals surface area contributed by atoms with Crippen molar-refractivity contribution in [3.8, 4) is 0 Å². The van der Waals surface area contributed by atoms with Crippen molar-refractivity contribution in [2.75, 3.05) is 5.32 Å². The molecule has 0 aliphatic rings. The smallest absolute Gasteiger partial charge is 0.251 e. The van der Waals surface area contributed by atoms with Gasteiger partial charge in [-0.05, 0) is 29.8 Å². The van der Waals surface area contributed by atoms with Gasteiger partial charge in [0.15, 0.2) is 0 Å². The van der Waals surface area contributed by atoms with Gasteiger partial charge < -0.3 is 16.0 Å². The molecular weight excluding hydrogens is 269 g/mol. The van der Waals surface area contributed by atoms with E-state index in [2.05, 4.69) is 10.3 Å². The van der Waals surface area contributed by atoms with Gasteiger partial charge in [-0.25, -0.2) is 4.39 Å². The maximum atomic E-state index is 13.4. The average Bonchev–Trinajstić information content (AvgIpc) is 2.89. The molecule has 1 heterocycles. The second-order valence-corrected chi connectivity index (χ2v) is 4.77. The minimum atomic E-state index is -0.775. The Hall–Kier alpha value is -2.82. The third kappa shape index (κ3) is 2.58. The summed E-state index contributed by atoms with van der Waals surface area (Å²) in [5.41, 5.74) is 7.83. The number of fused-ring (bicyclic) bond motifs is 1. The molecule has 0 spiro atoms. The summed E-state index contributed by atoms with van der Waals surface area (Å²) in [7, 11) is 0. The molecule has 0 radical (unpaired) electrons. The number of carbonyl (C=O) groups excluding carboxylic acids is 1. The molecule has 0 saturated heterocycles. The normalized spacial score (nSPS) is 10.7. The first-order valence-corrected chi connectivity index (χ1v) is 6.53. The van der Waals surface area contributed by atoms with Crippen LogP contribution in [0.3, 0.4) is 0 Å². The molecule has 0 bridgehead atoms. The Morgan fingerprint density at radius 1 is 1.24 bits per heavy atom. The fourth-order valence-electron chi connectivity index (χ4n) is 2.30. The topological polar surface area (TPSA) is 70.9 Å². The summed E-state index contributed by atoms with van der Waals surface area (Å²) in [6, 6.07) is 12.2. The predicted octanol–water partition coefficient (Wildman–Crippen LogP) is 3.02. The lowest BCUT2D eigenvalue weighted by Gasteiger charge is -2.07. The van der Waals surface area contributed by atoms with Crippen molar-refractivity contribution in [3.63, 3.8) is 0 Å². The average molecular weight is 283 g/mol. The summed E-state index contributed by atoms with van der Waals surface area (Å²) in [5, 5.41) is 4.29. The Labute approximate surface area is 120 Å². The second-order valence-electron chi connectivity index (χ2n) is 4.77. The highest BCUT2D eigenvalue weighted by Crippen LogP contribution is 2.20. The van der Waals surface area contributed by atoms with Gasteiger partial charge in [0.05, 0.1) is 5.56 Å². The minimum Gasteiger partial charge on any atom is -0.381 e. The molecule has 21 heavy (non-hydrogen) atoms. The van der Waals surface area contributed by atoms with Crippen LogP contribution in [0.4, 0.5) is 10.1 Å². The van der Waals surface area contributed by atoms with Gasteiger partial charge in [-0.2, -0.15) is 0 Å². The Balaban J connectivity index is 1.82. The van der Waals surface area contributed by atoms with E-state index in [1.807, 2.05) is 30.5 Å². The zero-order valence-electron chi connectivity index (χ0n) is 11.2. The van der Waals surface area contributed by atoms with E-state index in [0.717, 1.165) is 16.5 Å². The van der Waals surface area contributed by atoms with Crippen LogP contribution < -0.4 is 11.1 Å². The van der Waals surface area contributed by atoms with E-state index in [1.165, 1.54) is 12.1 Å². The molecule has 2 aromatic carbocycles. The molecule has 5 heteroatoms. The second kappa shape index (κ2) is 5.28. The molecule has 0 aliphatic heterocycles. The highest BCUT2D eigenvalue weighted by Gasteiger charge is 2.09. The largest absolute Gasteiger partial charge is 0.381 e. The third-order valence-electron chi connectivity index (χ3n) is 3.39. The number of anilines is 1. The predicted molar refractivity (Wildman–Crippen MR) is 80.5 cm³/mol. The number of hydrogen-bond donors (Lipinski definition) is 3. The number of nitrogens with two attached hydrogens (primary N) is 1. The number of aromatic nitrogens is 1. The molecule has 3 aromatic rings. The number of benzene rings is 2. The van der Waals surface area contributed by atoms with Gasteiger partial charge in [0.1, 0.15) is 5.82 Å². The summed E-state index contributed by atoms with van der Waals surface area (Å²) >= 11 is 0. The lowest BCUT2D eigenvalue weighted by Crippen LogP contribution is -2.13. The molecule has 1 amide bonds. The van der Waals surface area contributed by atoms with Crippen molar-refractivity contribution in [1.29, 1.82) is 0 Å². The fraction of sp³-hybridized carbons (Fsp3) is 0.0625. The summed E-state index contributed by atoms with van der Waals surface area (Å²) in [4.78, 5) is 14.3. The molecule has 0 unspecified atom stereocenters. The lowest BCUT2D eigenvalue weighted by molar-refractivity contribution is 0.0996. The monoisotopic (exact) mass is 283 g/mol. The van der Waals surface area contributed by atoms with Crippen LogP contribution in [0.1, 0.15) is 15.9 Å². The zero-order chi connectivity index (χ0) is 14.8. The zero-order valence-corrected chi connectivity index (χ0v) is 11.2. The van der Waals surface area contributed by atoms with Crippen LogP contribution in [0.2, 0.25) is 0 Å². The van der Waals surface area contributed by atoms with Gasteiger partial charge >= 0.3 is 0 Å². The molecule has 106 valence electrons. The lowest BCUT2D eigenvalue weighted by atomic mass is 10.1. The number of rotatable bonds is 4. The Morgan fingerprint density at radius 2 is 2.05 bits per heavy atom. The molecule has 4 N–H and O–H groups in total. The van der Waals surface area contributed by atoms with Crippen LogP contribution in [0, 0.1) is 5.82 Å². The summed E-state index contributed by atoms with van der Waals surface area (Å²) < 4.78 is 13.4. The van der Waals surface area contributed by atoms with Crippen molar-refractivity contribution in [2.45, 2.75) is 6.54 Å². The van der Waals surface area contributed by atoms with E-state index in [0.29, 0.717) is 12.2 Å². The van der Waals surface area contributed by atoms with Gasteiger partial charge in [-0.15, -0.1) is 0 Å². The number of hydrogen-bond acceptors (Lipinski definition) is 2. The fourth-order valence-corrected chi connectivity index (χ4v) is 2.30. The van der Waals surface area contributed by atoms with Crippen LogP contribution >= 0.6 is 0 Å². The van der Waals surface area contributed by atoms with Crippen molar-refractivity contribution in [1.82, 2.24) is 4.98 Å². The standard InChI is InChI=1S/C16H14FN3O/c17-14-6-5-11(7-13(14)16(18)21)19-8-10-9-20-15-4-2-1-3-12(10)15/h1-7,9,19-20H,8H2,(H2,18,21). The Kier molecular flexibility index (Phi) is 3.31. The van der Waals surface area contributed by atoms with E-state index < -0.39 is 11.7 Å². The van der Waals surface area contributed by atoms with Crippen molar-refractivity contribution in [3.05, 3.63) is 65.6 Å². The van der Waals surface area contributed by atoms with Gasteiger partial charge in [0.2, 0.25) is 0 Å². The number of carbonyl (C=O) groups is 1. The first-order chi connectivity index (χ1) is 10.1. The van der Waals surface area contributed by atoms with Crippen LogP contribution in [0.5, 0.6) is 0 Å². The van der Waals surface area contributed by atoms with Crippen LogP contribution in [-0.4, -0.2) is 10.9 Å². The molecular formula is C16H14FN3O. The van der Waals surface area contributed by atoms with Crippen molar-refractivity contribution in [2.24, 2.45) is 5.73 Å². The van der Waals surface area contributed by atoms with E-state index in [9.17, 15) is 9.18 Å². The molecule has 3 rings (SSSR count). The van der Waals surface area contributed by atoms with Gasteiger partial charge in [0, 0.05) is 29.3 Å². The first-order valence-electron chi connectivity index (χ1n) is 6.53. The van der Waals surface area contributed by atoms with E-state index in [-0.39, 0.29) is 5.56 Å². The minimum absolute atomic E-state index is 0.112. The van der Waals surface area contributed by atoms with Gasteiger partial charge in [-0.1, -0.05) is 18.2 Å². The van der Waals surface area contributed by atoms with E-state index in [1.54, 1.807) is 6.07 Å². The van der Waals surface area contributed by atoms with Gasteiger partial charge in [-0.3, -0.25) is 4.79 Å². The quantitative estimate of drug-likeness (QED) is 0.688. The Bertz CT molecular complexity index is 810. The molecule has 0 saturated carbocycles. The maximum Gasteiger partial charge on any atom is 0.251 e. The van der Waals surface area contributed by atoms with Crippen LogP contribution in [0.25, 0.3) is 10.9 Å². The van der Waals surface area contributed by atoms with E-state index >= 15 is 0 Å². The van der Waals surface area contributed by atoms with Crippen molar-refractivity contribution >= 4 is 22.5 Å². The number of amides is 1. The molecule has 4 nitrogen and oxygen atoms in total. The van der Waals surface area contributed by atoms with E-state index in [4.69, 9.17) is 5.73 Å². The Morgan fingerprint density at radius 3 is 2.86 bits per heavy atom. The third-order valence-corrected chi connectivity index (χ3v) is 3.39. The molecule has 1 aromatic heterocycles. The highest BCUT2D eigenvalue weighted by atomic mass is 19.1. The number of para-hydroxylation sites is 1. The first kappa shape index (κ1) is 13.2. The number of H-pyrrole nitrogens is 1. The number of halogens is 1.